The molecule has 7 heteroatoms. The molecule has 0 bridgehead atoms. The van der Waals surface area contributed by atoms with E-state index in [1.165, 1.54) is 16.9 Å². The number of thiophene rings is 1. The summed E-state index contributed by atoms with van der Waals surface area (Å²) in [6, 6.07) is 11.5. The number of rotatable bonds is 5. The maximum atomic E-state index is 13.4. The highest BCUT2D eigenvalue weighted by Gasteiger charge is 2.33. The van der Waals surface area contributed by atoms with Crippen LogP contribution in [0.2, 0.25) is 0 Å². The first-order valence-corrected chi connectivity index (χ1v) is 11.9. The van der Waals surface area contributed by atoms with E-state index in [9.17, 15) is 9.59 Å². The van der Waals surface area contributed by atoms with E-state index in [2.05, 4.69) is 31.0 Å². The number of nitrogens with zero attached hydrogens (tertiary/aromatic N) is 2. The number of thiazole rings is 1. The van der Waals surface area contributed by atoms with Gasteiger partial charge in [0.15, 0.2) is 4.80 Å². The topological polar surface area (TPSA) is 60.7 Å². The number of carbonyl (C=O) groups is 1. The maximum absolute atomic E-state index is 13.4. The van der Waals surface area contributed by atoms with Crippen LogP contribution in [0.1, 0.15) is 55.7 Å². The lowest BCUT2D eigenvalue weighted by molar-refractivity contribution is -0.139. The molecule has 0 amide bonds. The molecular weight excluding hydrogens is 428 g/mol. The van der Waals surface area contributed by atoms with E-state index in [-0.39, 0.29) is 12.2 Å². The average Bonchev–Trinajstić information content (AvgIpc) is 3.35. The number of allylic oxidation sites excluding steroid dienone is 1. The Balaban J connectivity index is 1.94. The van der Waals surface area contributed by atoms with Crippen molar-refractivity contribution in [2.24, 2.45) is 4.99 Å². The van der Waals surface area contributed by atoms with E-state index in [1.807, 2.05) is 35.7 Å². The van der Waals surface area contributed by atoms with Gasteiger partial charge in [-0.1, -0.05) is 55.5 Å². The van der Waals surface area contributed by atoms with E-state index in [0.29, 0.717) is 26.5 Å². The second kappa shape index (κ2) is 8.77. The number of benzene rings is 1. The quantitative estimate of drug-likeness (QED) is 0.550. The van der Waals surface area contributed by atoms with E-state index in [0.717, 1.165) is 10.4 Å². The van der Waals surface area contributed by atoms with Crippen molar-refractivity contribution in [3.63, 3.8) is 0 Å². The molecule has 0 fully saturated rings. The Morgan fingerprint density at radius 3 is 2.61 bits per heavy atom. The summed E-state index contributed by atoms with van der Waals surface area (Å²) < 4.78 is 7.57. The molecule has 0 spiro atoms. The van der Waals surface area contributed by atoms with Gasteiger partial charge in [-0.3, -0.25) is 9.36 Å². The van der Waals surface area contributed by atoms with Gasteiger partial charge in [-0.15, -0.1) is 11.3 Å². The molecule has 1 aliphatic rings. The molecule has 0 N–H and O–H groups in total. The van der Waals surface area contributed by atoms with Gasteiger partial charge in [0.2, 0.25) is 0 Å². The SMILES string of the molecule is CCOC(=O)C1=C(C)N=c2s/c(=C\c3cccs3)c(=O)n2[C@H]1c1ccc(C(C)C)cc1. The van der Waals surface area contributed by atoms with Crippen LogP contribution in [0, 0.1) is 0 Å². The Morgan fingerprint density at radius 1 is 1.26 bits per heavy atom. The van der Waals surface area contributed by atoms with Crippen molar-refractivity contribution in [1.29, 1.82) is 0 Å². The lowest BCUT2D eigenvalue weighted by Gasteiger charge is -2.25. The standard InChI is InChI=1S/C24H24N2O3S2/c1-5-29-23(28)20-15(4)25-24-26(21(20)17-10-8-16(9-11-17)14(2)3)22(27)19(31-24)13-18-7-6-12-30-18/h6-14,21H,5H2,1-4H3/b19-13-/t21-/m0/s1. The number of carbonyl (C=O) groups excluding carboxylic acids is 1. The van der Waals surface area contributed by atoms with Gasteiger partial charge in [0.05, 0.1) is 28.5 Å². The Bertz CT molecular complexity index is 1310. The monoisotopic (exact) mass is 452 g/mol. The third-order valence-electron chi connectivity index (χ3n) is 5.25. The summed E-state index contributed by atoms with van der Waals surface area (Å²) in [5, 5.41) is 1.98. The fourth-order valence-electron chi connectivity index (χ4n) is 3.67. The number of esters is 1. The summed E-state index contributed by atoms with van der Waals surface area (Å²) in [6.45, 7) is 8.11. The summed E-state index contributed by atoms with van der Waals surface area (Å²) in [6.07, 6.45) is 1.89. The van der Waals surface area contributed by atoms with Gasteiger partial charge in [-0.2, -0.15) is 0 Å². The Hall–Kier alpha value is -2.77. The lowest BCUT2D eigenvalue weighted by atomic mass is 9.93. The predicted octanol–water partition coefficient (Wildman–Crippen LogP) is 3.98. The van der Waals surface area contributed by atoms with E-state index in [4.69, 9.17) is 4.74 Å². The molecule has 5 nitrogen and oxygen atoms in total. The van der Waals surface area contributed by atoms with Gasteiger partial charge in [-0.25, -0.2) is 9.79 Å². The van der Waals surface area contributed by atoms with Crippen LogP contribution in [0.5, 0.6) is 0 Å². The molecular formula is C24H24N2O3S2. The van der Waals surface area contributed by atoms with Gasteiger partial charge in [0.25, 0.3) is 5.56 Å². The Labute approximate surface area is 188 Å². The molecule has 1 aliphatic heterocycles. The van der Waals surface area contributed by atoms with Gasteiger partial charge in [0.1, 0.15) is 0 Å². The number of hydrogen-bond donors (Lipinski definition) is 0. The van der Waals surface area contributed by atoms with Gasteiger partial charge in [0, 0.05) is 4.88 Å². The molecule has 0 unspecified atom stereocenters. The summed E-state index contributed by atoms with van der Waals surface area (Å²) in [4.78, 5) is 32.5. The first kappa shape index (κ1) is 21.5. The van der Waals surface area contributed by atoms with Crippen LogP contribution in [0.3, 0.4) is 0 Å². The molecule has 160 valence electrons. The largest absolute Gasteiger partial charge is 0.463 e. The minimum absolute atomic E-state index is 0.149. The molecule has 2 aromatic heterocycles. The molecule has 3 heterocycles. The van der Waals surface area contributed by atoms with Crippen LogP contribution < -0.4 is 14.9 Å². The van der Waals surface area contributed by atoms with Crippen LogP contribution in [0.15, 0.2) is 62.8 Å². The Morgan fingerprint density at radius 2 is 2.00 bits per heavy atom. The number of fused-ring (bicyclic) bond motifs is 1. The Kier molecular flexibility index (Phi) is 6.07. The van der Waals surface area contributed by atoms with Crippen LogP contribution in [0.4, 0.5) is 0 Å². The fraction of sp³-hybridized carbons (Fsp3) is 0.292. The normalized spacial score (nSPS) is 16.4. The highest BCUT2D eigenvalue weighted by atomic mass is 32.1. The minimum Gasteiger partial charge on any atom is -0.463 e. The molecule has 4 rings (SSSR count). The number of aromatic nitrogens is 1. The molecule has 0 radical (unpaired) electrons. The zero-order valence-corrected chi connectivity index (χ0v) is 19.5. The molecule has 31 heavy (non-hydrogen) atoms. The van der Waals surface area contributed by atoms with Crippen LogP contribution in [-0.2, 0) is 9.53 Å². The fourth-order valence-corrected chi connectivity index (χ4v) is 5.44. The first-order chi connectivity index (χ1) is 14.9. The van der Waals surface area contributed by atoms with E-state index >= 15 is 0 Å². The minimum atomic E-state index is -0.568. The van der Waals surface area contributed by atoms with Gasteiger partial charge in [-0.05, 0) is 48.4 Å². The van der Waals surface area contributed by atoms with E-state index < -0.39 is 12.0 Å². The van der Waals surface area contributed by atoms with Crippen molar-refractivity contribution in [3.8, 4) is 0 Å². The third-order valence-corrected chi connectivity index (χ3v) is 7.05. The molecule has 0 saturated carbocycles. The smallest absolute Gasteiger partial charge is 0.338 e. The molecule has 0 aliphatic carbocycles. The molecule has 1 atom stereocenters. The van der Waals surface area contributed by atoms with Crippen LogP contribution >= 0.6 is 22.7 Å². The average molecular weight is 453 g/mol. The van der Waals surface area contributed by atoms with Crippen molar-refractivity contribution in [1.82, 2.24) is 4.57 Å². The van der Waals surface area contributed by atoms with Crippen LogP contribution in [-0.4, -0.2) is 17.1 Å². The van der Waals surface area contributed by atoms with Crippen molar-refractivity contribution < 1.29 is 9.53 Å². The summed E-state index contributed by atoms with van der Waals surface area (Å²) in [5.74, 6) is -0.0436. The summed E-state index contributed by atoms with van der Waals surface area (Å²) in [5.41, 5.74) is 2.91. The highest BCUT2D eigenvalue weighted by Crippen LogP contribution is 2.31. The first-order valence-electron chi connectivity index (χ1n) is 10.2. The van der Waals surface area contributed by atoms with Crippen molar-refractivity contribution in [3.05, 3.63) is 88.7 Å². The predicted molar refractivity (Wildman–Crippen MR) is 125 cm³/mol. The zero-order chi connectivity index (χ0) is 22.1. The second-order valence-corrected chi connectivity index (χ2v) is 9.63. The van der Waals surface area contributed by atoms with E-state index in [1.54, 1.807) is 29.8 Å². The van der Waals surface area contributed by atoms with Crippen molar-refractivity contribution in [2.75, 3.05) is 6.61 Å². The summed E-state index contributed by atoms with van der Waals surface area (Å²) >= 11 is 2.92. The third kappa shape index (κ3) is 4.07. The van der Waals surface area contributed by atoms with Gasteiger partial charge >= 0.3 is 5.97 Å². The molecule has 1 aromatic carbocycles. The van der Waals surface area contributed by atoms with Crippen LogP contribution in [0.25, 0.3) is 6.08 Å². The maximum Gasteiger partial charge on any atom is 0.338 e. The van der Waals surface area contributed by atoms with Gasteiger partial charge < -0.3 is 4.74 Å². The van der Waals surface area contributed by atoms with Crippen molar-refractivity contribution in [2.45, 2.75) is 39.7 Å². The summed E-state index contributed by atoms with van der Waals surface area (Å²) in [7, 11) is 0. The highest BCUT2D eigenvalue weighted by molar-refractivity contribution is 7.11. The second-order valence-electron chi connectivity index (χ2n) is 7.64. The lowest BCUT2D eigenvalue weighted by Crippen LogP contribution is -2.39. The molecule has 3 aromatic rings. The molecule has 0 saturated heterocycles. The number of ether oxygens (including phenoxy) is 1. The zero-order valence-electron chi connectivity index (χ0n) is 17.9. The number of hydrogen-bond acceptors (Lipinski definition) is 6. The van der Waals surface area contributed by atoms with Crippen molar-refractivity contribution >= 4 is 34.7 Å².